The molecule has 0 aromatic rings. The van der Waals surface area contributed by atoms with Crippen LogP contribution >= 0.6 is 0 Å². The Labute approximate surface area is 116 Å². The van der Waals surface area contributed by atoms with Gasteiger partial charge in [-0.05, 0) is 40.5 Å². The average molecular weight is 272 g/mol. The van der Waals surface area contributed by atoms with Crippen molar-refractivity contribution in [1.82, 2.24) is 0 Å². The number of carbonyl (C=O) groups excluding carboxylic acids is 2. The summed E-state index contributed by atoms with van der Waals surface area (Å²) in [6.07, 6.45) is 1.61. The molecule has 0 N–H and O–H groups in total. The van der Waals surface area contributed by atoms with E-state index in [0.717, 1.165) is 6.42 Å². The van der Waals surface area contributed by atoms with Gasteiger partial charge in [-0.2, -0.15) is 0 Å². The SMILES string of the molecule is CCCC(OC(C)C)C(=O)C(C)(CC)OCC(C)=O. The Morgan fingerprint density at radius 2 is 1.79 bits per heavy atom. The van der Waals surface area contributed by atoms with Gasteiger partial charge >= 0.3 is 0 Å². The van der Waals surface area contributed by atoms with Gasteiger partial charge in [0.15, 0.2) is 11.6 Å². The fraction of sp³-hybridized carbons (Fsp3) is 0.867. The number of carbonyl (C=O) groups is 2. The largest absolute Gasteiger partial charge is 0.368 e. The number of rotatable bonds is 10. The summed E-state index contributed by atoms with van der Waals surface area (Å²) in [5.74, 6) is -0.143. The van der Waals surface area contributed by atoms with Crippen LogP contribution in [0.1, 0.15) is 60.8 Å². The van der Waals surface area contributed by atoms with Crippen LogP contribution in [0.15, 0.2) is 0 Å². The maximum absolute atomic E-state index is 12.6. The van der Waals surface area contributed by atoms with E-state index in [1.54, 1.807) is 6.92 Å². The molecule has 0 rings (SSSR count). The van der Waals surface area contributed by atoms with E-state index in [1.807, 2.05) is 27.7 Å². The Kier molecular flexibility index (Phi) is 8.11. The summed E-state index contributed by atoms with van der Waals surface area (Å²) in [6.45, 7) is 10.9. The minimum absolute atomic E-state index is 0.00517. The Morgan fingerprint density at radius 1 is 1.21 bits per heavy atom. The standard InChI is InChI=1S/C15H28O4/c1-7-9-13(19-11(3)4)14(17)15(6,8-2)18-10-12(5)16/h11,13H,7-10H2,1-6H3. The van der Waals surface area contributed by atoms with E-state index in [2.05, 4.69) is 0 Å². The molecule has 0 amide bonds. The van der Waals surface area contributed by atoms with Crippen molar-refractivity contribution in [2.24, 2.45) is 0 Å². The van der Waals surface area contributed by atoms with Gasteiger partial charge in [-0.15, -0.1) is 0 Å². The van der Waals surface area contributed by atoms with E-state index in [0.29, 0.717) is 12.8 Å². The van der Waals surface area contributed by atoms with Crippen LogP contribution in [0.4, 0.5) is 0 Å². The second kappa shape index (κ2) is 8.43. The normalized spacial score (nSPS) is 16.2. The van der Waals surface area contributed by atoms with E-state index < -0.39 is 11.7 Å². The number of ketones is 2. The molecule has 0 spiro atoms. The molecule has 0 bridgehead atoms. The van der Waals surface area contributed by atoms with Crippen molar-refractivity contribution in [2.45, 2.75) is 78.6 Å². The lowest BCUT2D eigenvalue weighted by atomic mass is 9.91. The first kappa shape index (κ1) is 18.3. The number of hydrogen-bond acceptors (Lipinski definition) is 4. The molecule has 0 heterocycles. The van der Waals surface area contributed by atoms with E-state index >= 15 is 0 Å². The molecule has 0 saturated heterocycles. The highest BCUT2D eigenvalue weighted by Crippen LogP contribution is 2.22. The summed E-state index contributed by atoms with van der Waals surface area (Å²) in [5, 5.41) is 0. The number of ether oxygens (including phenoxy) is 2. The lowest BCUT2D eigenvalue weighted by Crippen LogP contribution is -2.46. The first-order valence-corrected chi connectivity index (χ1v) is 7.10. The van der Waals surface area contributed by atoms with Gasteiger partial charge in [-0.1, -0.05) is 20.3 Å². The molecule has 2 unspecified atom stereocenters. The molecule has 0 aromatic carbocycles. The van der Waals surface area contributed by atoms with E-state index in [1.165, 1.54) is 6.92 Å². The zero-order chi connectivity index (χ0) is 15.1. The first-order chi connectivity index (χ1) is 8.76. The zero-order valence-electron chi connectivity index (χ0n) is 13.1. The van der Waals surface area contributed by atoms with Crippen LogP contribution in [-0.2, 0) is 19.1 Å². The number of hydrogen-bond donors (Lipinski definition) is 0. The molecule has 4 nitrogen and oxygen atoms in total. The highest BCUT2D eigenvalue weighted by atomic mass is 16.5. The molecule has 0 aliphatic heterocycles. The van der Waals surface area contributed by atoms with Gasteiger partial charge in [-0.25, -0.2) is 0 Å². The minimum atomic E-state index is -0.944. The third kappa shape index (κ3) is 6.30. The Morgan fingerprint density at radius 3 is 2.16 bits per heavy atom. The molecule has 0 aliphatic carbocycles. The predicted molar refractivity (Wildman–Crippen MR) is 75.3 cm³/mol. The van der Waals surface area contributed by atoms with Crippen molar-refractivity contribution in [1.29, 1.82) is 0 Å². The Bertz CT molecular complexity index is 299. The maximum atomic E-state index is 12.6. The molecule has 2 atom stereocenters. The average Bonchev–Trinajstić information content (AvgIpc) is 2.34. The van der Waals surface area contributed by atoms with Gasteiger partial charge in [0, 0.05) is 0 Å². The Balaban J connectivity index is 4.87. The second-order valence-electron chi connectivity index (χ2n) is 5.40. The van der Waals surface area contributed by atoms with Crippen molar-refractivity contribution < 1.29 is 19.1 Å². The molecule has 19 heavy (non-hydrogen) atoms. The summed E-state index contributed by atoms with van der Waals surface area (Å²) in [5.41, 5.74) is -0.944. The van der Waals surface area contributed by atoms with Crippen molar-refractivity contribution in [3.63, 3.8) is 0 Å². The summed E-state index contributed by atoms with van der Waals surface area (Å²) < 4.78 is 11.2. The highest BCUT2D eigenvalue weighted by molar-refractivity contribution is 5.91. The lowest BCUT2D eigenvalue weighted by molar-refractivity contribution is -0.160. The minimum Gasteiger partial charge on any atom is -0.368 e. The molecule has 112 valence electrons. The lowest BCUT2D eigenvalue weighted by Gasteiger charge is -2.31. The smallest absolute Gasteiger partial charge is 0.192 e. The second-order valence-corrected chi connectivity index (χ2v) is 5.40. The molecule has 0 aliphatic rings. The first-order valence-electron chi connectivity index (χ1n) is 7.10. The van der Waals surface area contributed by atoms with Gasteiger partial charge < -0.3 is 9.47 Å². The van der Waals surface area contributed by atoms with Gasteiger partial charge in [0.25, 0.3) is 0 Å². The van der Waals surface area contributed by atoms with Crippen molar-refractivity contribution in [3.05, 3.63) is 0 Å². The van der Waals surface area contributed by atoms with Crippen LogP contribution in [0, 0.1) is 0 Å². The molecule has 4 heteroatoms. The molecule has 0 fully saturated rings. The van der Waals surface area contributed by atoms with Crippen LogP contribution in [-0.4, -0.2) is 36.0 Å². The van der Waals surface area contributed by atoms with Crippen molar-refractivity contribution in [3.8, 4) is 0 Å². The molecular weight excluding hydrogens is 244 g/mol. The molecular formula is C15H28O4. The zero-order valence-corrected chi connectivity index (χ0v) is 13.1. The van der Waals surface area contributed by atoms with Crippen molar-refractivity contribution >= 4 is 11.6 Å². The molecule has 0 saturated carbocycles. The van der Waals surface area contributed by atoms with Crippen LogP contribution in [0.5, 0.6) is 0 Å². The highest BCUT2D eigenvalue weighted by Gasteiger charge is 2.38. The van der Waals surface area contributed by atoms with Gasteiger partial charge in [0.1, 0.15) is 18.3 Å². The van der Waals surface area contributed by atoms with Gasteiger partial charge in [0.05, 0.1) is 6.10 Å². The van der Waals surface area contributed by atoms with E-state index in [-0.39, 0.29) is 24.3 Å². The maximum Gasteiger partial charge on any atom is 0.192 e. The van der Waals surface area contributed by atoms with Gasteiger partial charge in [-0.3, -0.25) is 9.59 Å². The summed E-state index contributed by atoms with van der Waals surface area (Å²) in [4.78, 5) is 23.6. The fourth-order valence-electron chi connectivity index (χ4n) is 1.80. The fourth-order valence-corrected chi connectivity index (χ4v) is 1.80. The van der Waals surface area contributed by atoms with E-state index in [4.69, 9.17) is 9.47 Å². The third-order valence-electron chi connectivity index (χ3n) is 3.07. The molecule has 0 radical (unpaired) electrons. The van der Waals surface area contributed by atoms with Crippen LogP contribution in [0.25, 0.3) is 0 Å². The van der Waals surface area contributed by atoms with E-state index in [9.17, 15) is 9.59 Å². The van der Waals surface area contributed by atoms with Gasteiger partial charge in [0.2, 0.25) is 0 Å². The summed E-state index contributed by atoms with van der Waals surface area (Å²) in [6, 6.07) is 0. The topological polar surface area (TPSA) is 52.6 Å². The van der Waals surface area contributed by atoms with Crippen LogP contribution in [0.3, 0.4) is 0 Å². The summed E-state index contributed by atoms with van der Waals surface area (Å²) in [7, 11) is 0. The monoisotopic (exact) mass is 272 g/mol. The predicted octanol–water partition coefficient (Wildman–Crippen LogP) is 2.92. The third-order valence-corrected chi connectivity index (χ3v) is 3.07. The Hall–Kier alpha value is -0.740. The summed E-state index contributed by atoms with van der Waals surface area (Å²) >= 11 is 0. The van der Waals surface area contributed by atoms with Crippen molar-refractivity contribution in [2.75, 3.05) is 6.61 Å². The number of Topliss-reactive ketones (excluding diaryl/α,β-unsaturated/α-hetero) is 2. The quantitative estimate of drug-likeness (QED) is 0.613. The molecule has 0 aromatic heterocycles. The van der Waals surface area contributed by atoms with Crippen LogP contribution in [0.2, 0.25) is 0 Å². The van der Waals surface area contributed by atoms with Crippen LogP contribution < -0.4 is 0 Å².